The molecule has 0 atom stereocenters. The van der Waals surface area contributed by atoms with Crippen molar-refractivity contribution in [3.05, 3.63) is 22.2 Å². The molecule has 0 aliphatic rings. The molecule has 3 heteroatoms. The van der Waals surface area contributed by atoms with Crippen LogP contribution in [-0.2, 0) is 0 Å². The molecule has 0 radical (unpaired) electrons. The normalized spacial score (nSPS) is 9.82. The minimum absolute atomic E-state index is 0.820. The summed E-state index contributed by atoms with van der Waals surface area (Å²) >= 11 is 7.70. The Morgan fingerprint density at radius 3 is 2.64 bits per heavy atom. The second kappa shape index (κ2) is 3.50. The fourth-order valence-corrected chi connectivity index (χ4v) is 1.59. The van der Waals surface area contributed by atoms with E-state index < -0.39 is 0 Å². The first kappa shape index (κ1) is 8.94. The van der Waals surface area contributed by atoms with Gasteiger partial charge in [0.15, 0.2) is 0 Å². The summed E-state index contributed by atoms with van der Waals surface area (Å²) in [4.78, 5) is 0.935. The minimum atomic E-state index is 0.820. The van der Waals surface area contributed by atoms with Gasteiger partial charge < -0.3 is 4.74 Å². The zero-order valence-electron chi connectivity index (χ0n) is 6.39. The van der Waals surface area contributed by atoms with Crippen LogP contribution in [-0.4, -0.2) is 7.11 Å². The third-order valence-corrected chi connectivity index (χ3v) is 3.17. The van der Waals surface area contributed by atoms with E-state index in [0.29, 0.717) is 0 Å². The zero-order chi connectivity index (χ0) is 8.43. The first-order chi connectivity index (χ1) is 5.16. The van der Waals surface area contributed by atoms with E-state index in [1.54, 1.807) is 7.11 Å². The number of halogens is 1. The van der Waals surface area contributed by atoms with Crippen LogP contribution in [0.2, 0.25) is 0 Å². The Morgan fingerprint density at radius 2 is 2.09 bits per heavy atom. The van der Waals surface area contributed by atoms with E-state index in [-0.39, 0.29) is 0 Å². The summed E-state index contributed by atoms with van der Waals surface area (Å²) in [6.07, 6.45) is 0. The quantitative estimate of drug-likeness (QED) is 0.733. The fourth-order valence-electron chi connectivity index (χ4n) is 0.800. The second-order valence-corrected chi connectivity index (χ2v) is 3.49. The van der Waals surface area contributed by atoms with E-state index in [9.17, 15) is 0 Å². The molecule has 0 bridgehead atoms. The third kappa shape index (κ3) is 1.71. The fraction of sp³-hybridized carbons (Fsp3) is 0.250. The molecule has 0 heterocycles. The van der Waals surface area contributed by atoms with Gasteiger partial charge in [-0.3, -0.25) is 0 Å². The summed E-state index contributed by atoms with van der Waals surface area (Å²) in [6, 6.07) is 3.89. The summed E-state index contributed by atoms with van der Waals surface area (Å²) in [5.74, 6) is 0.820. The third-order valence-electron chi connectivity index (χ3n) is 1.50. The molecule has 0 unspecified atom stereocenters. The van der Waals surface area contributed by atoms with Crippen molar-refractivity contribution in [1.29, 1.82) is 0 Å². The molecule has 0 spiro atoms. The predicted octanol–water partition coefficient (Wildman–Crippen LogP) is 3.05. The van der Waals surface area contributed by atoms with Gasteiger partial charge in [-0.05, 0) is 34.5 Å². The SMILES string of the molecule is COc1ccc(C)c(S)c1Br. The molecule has 1 rings (SSSR count). The maximum Gasteiger partial charge on any atom is 0.134 e. The Bertz CT molecular complexity index is 273. The molecule has 0 saturated carbocycles. The Balaban J connectivity index is 3.25. The van der Waals surface area contributed by atoms with Crippen molar-refractivity contribution >= 4 is 28.6 Å². The number of hydrogen-bond acceptors (Lipinski definition) is 2. The Kier molecular flexibility index (Phi) is 2.84. The molecule has 60 valence electrons. The standard InChI is InChI=1S/C8H9BrOS/c1-5-3-4-6(10-2)7(9)8(5)11/h3-4,11H,1-2H3. The van der Waals surface area contributed by atoms with Crippen LogP contribution in [0.4, 0.5) is 0 Å². The number of benzene rings is 1. The van der Waals surface area contributed by atoms with Gasteiger partial charge in [-0.25, -0.2) is 0 Å². The van der Waals surface area contributed by atoms with Crippen molar-refractivity contribution in [1.82, 2.24) is 0 Å². The topological polar surface area (TPSA) is 9.23 Å². The average Bonchev–Trinajstić information content (AvgIpc) is 2.01. The average molecular weight is 233 g/mol. The van der Waals surface area contributed by atoms with Gasteiger partial charge in [-0.1, -0.05) is 6.07 Å². The maximum absolute atomic E-state index is 5.09. The van der Waals surface area contributed by atoms with Crippen LogP contribution in [0.1, 0.15) is 5.56 Å². The lowest BCUT2D eigenvalue weighted by molar-refractivity contribution is 0.410. The Labute approximate surface area is 80.3 Å². The highest BCUT2D eigenvalue weighted by atomic mass is 79.9. The van der Waals surface area contributed by atoms with Crippen LogP contribution in [0.5, 0.6) is 5.75 Å². The summed E-state index contributed by atoms with van der Waals surface area (Å²) in [7, 11) is 1.64. The molecule has 0 aliphatic carbocycles. The van der Waals surface area contributed by atoms with Gasteiger partial charge in [0, 0.05) is 4.90 Å². The van der Waals surface area contributed by atoms with Crippen molar-refractivity contribution in [3.8, 4) is 5.75 Å². The minimum Gasteiger partial charge on any atom is -0.496 e. The van der Waals surface area contributed by atoms with Crippen LogP contribution in [0.3, 0.4) is 0 Å². The van der Waals surface area contributed by atoms with Crippen LogP contribution in [0.15, 0.2) is 21.5 Å². The molecule has 0 N–H and O–H groups in total. The van der Waals surface area contributed by atoms with E-state index in [1.807, 2.05) is 19.1 Å². The lowest BCUT2D eigenvalue weighted by Crippen LogP contribution is -1.86. The predicted molar refractivity (Wildman–Crippen MR) is 52.7 cm³/mol. The van der Waals surface area contributed by atoms with Gasteiger partial charge in [0.05, 0.1) is 11.6 Å². The molecule has 0 amide bonds. The molecule has 0 aromatic heterocycles. The van der Waals surface area contributed by atoms with Crippen molar-refractivity contribution in [2.45, 2.75) is 11.8 Å². The summed E-state index contributed by atoms with van der Waals surface area (Å²) in [5, 5.41) is 0. The summed E-state index contributed by atoms with van der Waals surface area (Å²) in [5.41, 5.74) is 1.14. The van der Waals surface area contributed by atoms with E-state index in [0.717, 1.165) is 20.7 Å². The molecular formula is C8H9BrOS. The molecule has 1 aromatic carbocycles. The second-order valence-electron chi connectivity index (χ2n) is 2.25. The first-order valence-electron chi connectivity index (χ1n) is 3.19. The molecule has 0 saturated heterocycles. The Hall–Kier alpha value is -0.150. The number of thiol groups is 1. The van der Waals surface area contributed by atoms with E-state index >= 15 is 0 Å². The highest BCUT2D eigenvalue weighted by molar-refractivity contribution is 9.10. The van der Waals surface area contributed by atoms with Gasteiger partial charge in [0.2, 0.25) is 0 Å². The lowest BCUT2D eigenvalue weighted by atomic mass is 10.2. The largest absolute Gasteiger partial charge is 0.496 e. The molecule has 1 aromatic rings. The van der Waals surface area contributed by atoms with Crippen LogP contribution in [0.25, 0.3) is 0 Å². The van der Waals surface area contributed by atoms with Crippen molar-refractivity contribution in [2.75, 3.05) is 7.11 Å². The zero-order valence-corrected chi connectivity index (χ0v) is 8.87. The smallest absolute Gasteiger partial charge is 0.134 e. The first-order valence-corrected chi connectivity index (χ1v) is 4.43. The molecule has 0 fully saturated rings. The van der Waals surface area contributed by atoms with Gasteiger partial charge in [0.25, 0.3) is 0 Å². The molecule has 0 aliphatic heterocycles. The monoisotopic (exact) mass is 232 g/mol. The number of rotatable bonds is 1. The van der Waals surface area contributed by atoms with E-state index in [1.165, 1.54) is 0 Å². The summed E-state index contributed by atoms with van der Waals surface area (Å²) in [6.45, 7) is 2.01. The van der Waals surface area contributed by atoms with Crippen LogP contribution < -0.4 is 4.74 Å². The van der Waals surface area contributed by atoms with Crippen molar-refractivity contribution < 1.29 is 4.74 Å². The molecular weight excluding hydrogens is 224 g/mol. The lowest BCUT2D eigenvalue weighted by Gasteiger charge is -2.06. The van der Waals surface area contributed by atoms with Crippen LogP contribution in [0, 0.1) is 6.92 Å². The van der Waals surface area contributed by atoms with E-state index in [4.69, 9.17) is 4.74 Å². The number of hydrogen-bond donors (Lipinski definition) is 1. The number of aryl methyl sites for hydroxylation is 1. The number of methoxy groups -OCH3 is 1. The highest BCUT2D eigenvalue weighted by Gasteiger charge is 2.04. The van der Waals surface area contributed by atoms with Crippen molar-refractivity contribution in [2.24, 2.45) is 0 Å². The van der Waals surface area contributed by atoms with E-state index in [2.05, 4.69) is 28.6 Å². The van der Waals surface area contributed by atoms with Crippen LogP contribution >= 0.6 is 28.6 Å². The molecule has 1 nitrogen and oxygen atoms in total. The van der Waals surface area contributed by atoms with Crippen molar-refractivity contribution in [3.63, 3.8) is 0 Å². The van der Waals surface area contributed by atoms with Gasteiger partial charge in [-0.15, -0.1) is 12.6 Å². The summed E-state index contributed by atoms with van der Waals surface area (Å²) < 4.78 is 6.00. The maximum atomic E-state index is 5.09. The highest BCUT2D eigenvalue weighted by Crippen LogP contribution is 2.32. The van der Waals surface area contributed by atoms with Gasteiger partial charge >= 0.3 is 0 Å². The van der Waals surface area contributed by atoms with Gasteiger partial charge in [0.1, 0.15) is 5.75 Å². The molecule has 11 heavy (non-hydrogen) atoms. The van der Waals surface area contributed by atoms with Gasteiger partial charge in [-0.2, -0.15) is 0 Å². The Morgan fingerprint density at radius 1 is 1.45 bits per heavy atom. The number of ether oxygens (including phenoxy) is 1.